The first kappa shape index (κ1) is 13.3. The van der Waals surface area contributed by atoms with Crippen molar-refractivity contribution in [1.82, 2.24) is 4.57 Å². The SMILES string of the molecule is O=C(O)CCCCCC(C(=O)O)n1cccc1. The van der Waals surface area contributed by atoms with E-state index in [0.29, 0.717) is 12.8 Å². The number of hydrogen-bond donors (Lipinski definition) is 2. The molecule has 0 aliphatic heterocycles. The van der Waals surface area contributed by atoms with Gasteiger partial charge in [0.05, 0.1) is 0 Å². The molecule has 0 saturated carbocycles. The van der Waals surface area contributed by atoms with Crippen molar-refractivity contribution in [3.8, 4) is 0 Å². The minimum Gasteiger partial charge on any atom is -0.481 e. The van der Waals surface area contributed by atoms with Gasteiger partial charge in [0.15, 0.2) is 0 Å². The Morgan fingerprint density at radius 2 is 1.71 bits per heavy atom. The van der Waals surface area contributed by atoms with Gasteiger partial charge in [-0.05, 0) is 25.0 Å². The summed E-state index contributed by atoms with van der Waals surface area (Å²) < 4.78 is 1.67. The van der Waals surface area contributed by atoms with Crippen molar-refractivity contribution < 1.29 is 19.8 Å². The Hall–Kier alpha value is -1.78. The van der Waals surface area contributed by atoms with Crippen molar-refractivity contribution in [2.75, 3.05) is 0 Å². The van der Waals surface area contributed by atoms with E-state index in [1.807, 2.05) is 0 Å². The van der Waals surface area contributed by atoms with Gasteiger partial charge >= 0.3 is 11.9 Å². The largest absolute Gasteiger partial charge is 0.481 e. The van der Waals surface area contributed by atoms with Gasteiger partial charge in [-0.25, -0.2) is 4.79 Å². The summed E-state index contributed by atoms with van der Waals surface area (Å²) in [6.45, 7) is 0. The zero-order valence-corrected chi connectivity index (χ0v) is 9.58. The van der Waals surface area contributed by atoms with E-state index < -0.39 is 18.0 Å². The third kappa shape index (κ3) is 4.72. The first-order valence-corrected chi connectivity index (χ1v) is 5.68. The number of aromatic nitrogens is 1. The van der Waals surface area contributed by atoms with E-state index in [-0.39, 0.29) is 6.42 Å². The van der Waals surface area contributed by atoms with E-state index in [2.05, 4.69) is 0 Å². The second-order valence-electron chi connectivity index (χ2n) is 3.98. The van der Waals surface area contributed by atoms with Gasteiger partial charge in [0, 0.05) is 18.8 Å². The maximum atomic E-state index is 11.1. The summed E-state index contributed by atoms with van der Waals surface area (Å²) in [5, 5.41) is 17.5. The second-order valence-corrected chi connectivity index (χ2v) is 3.98. The number of hydrogen-bond acceptors (Lipinski definition) is 2. The molecule has 0 bridgehead atoms. The topological polar surface area (TPSA) is 79.5 Å². The van der Waals surface area contributed by atoms with Gasteiger partial charge in [0.1, 0.15) is 6.04 Å². The third-order valence-electron chi connectivity index (χ3n) is 2.64. The molecule has 2 N–H and O–H groups in total. The number of carboxylic acid groups (broad SMARTS) is 2. The predicted molar refractivity (Wildman–Crippen MR) is 61.8 cm³/mol. The molecular weight excluding hydrogens is 222 g/mol. The van der Waals surface area contributed by atoms with Crippen LogP contribution in [0.15, 0.2) is 24.5 Å². The minimum absolute atomic E-state index is 0.154. The molecule has 17 heavy (non-hydrogen) atoms. The van der Waals surface area contributed by atoms with Crippen molar-refractivity contribution in [3.63, 3.8) is 0 Å². The molecule has 5 nitrogen and oxygen atoms in total. The molecule has 0 saturated heterocycles. The minimum atomic E-state index is -0.848. The highest BCUT2D eigenvalue weighted by molar-refractivity contribution is 5.71. The fourth-order valence-corrected chi connectivity index (χ4v) is 1.75. The van der Waals surface area contributed by atoms with E-state index in [1.165, 1.54) is 0 Å². The molecule has 0 aliphatic rings. The summed E-state index contributed by atoms with van der Waals surface area (Å²) in [6.07, 6.45) is 6.23. The van der Waals surface area contributed by atoms with E-state index in [4.69, 9.17) is 10.2 Å². The molecule has 1 heterocycles. The van der Waals surface area contributed by atoms with E-state index in [9.17, 15) is 9.59 Å². The summed E-state index contributed by atoms with van der Waals surface area (Å²) in [4.78, 5) is 21.3. The smallest absolute Gasteiger partial charge is 0.326 e. The van der Waals surface area contributed by atoms with Gasteiger partial charge in [-0.2, -0.15) is 0 Å². The first-order chi connectivity index (χ1) is 8.11. The maximum absolute atomic E-state index is 11.1. The number of carbonyl (C=O) groups is 2. The standard InChI is InChI=1S/C12H17NO4/c14-11(15)7-3-1-2-6-10(12(16)17)13-8-4-5-9-13/h4-5,8-10H,1-3,6-7H2,(H,14,15)(H,16,17). The Bertz CT molecular complexity index is 359. The molecule has 0 aliphatic carbocycles. The summed E-state index contributed by atoms with van der Waals surface area (Å²) in [6, 6.07) is 3.04. The van der Waals surface area contributed by atoms with Crippen molar-refractivity contribution >= 4 is 11.9 Å². The fourth-order valence-electron chi connectivity index (χ4n) is 1.75. The van der Waals surface area contributed by atoms with Gasteiger partial charge in [0.2, 0.25) is 0 Å². The van der Waals surface area contributed by atoms with Crippen LogP contribution in [-0.2, 0) is 9.59 Å². The first-order valence-electron chi connectivity index (χ1n) is 5.68. The van der Waals surface area contributed by atoms with Crippen LogP contribution < -0.4 is 0 Å². The highest BCUT2D eigenvalue weighted by atomic mass is 16.4. The van der Waals surface area contributed by atoms with Gasteiger partial charge in [-0.15, -0.1) is 0 Å². The molecule has 1 rings (SSSR count). The number of carboxylic acids is 2. The predicted octanol–water partition coefficient (Wildman–Crippen LogP) is 2.15. The quantitative estimate of drug-likeness (QED) is 0.681. The van der Waals surface area contributed by atoms with Gasteiger partial charge in [-0.3, -0.25) is 4.79 Å². The molecule has 1 unspecified atom stereocenters. The molecule has 1 aromatic rings. The van der Waals surface area contributed by atoms with Crippen molar-refractivity contribution in [2.24, 2.45) is 0 Å². The summed E-state index contributed by atoms with van der Waals surface area (Å²) in [7, 11) is 0. The van der Waals surface area contributed by atoms with Crippen LogP contribution in [0.1, 0.15) is 38.1 Å². The average Bonchev–Trinajstić information content (AvgIpc) is 2.75. The number of nitrogens with zero attached hydrogens (tertiary/aromatic N) is 1. The van der Waals surface area contributed by atoms with E-state index in [0.717, 1.165) is 12.8 Å². The molecule has 0 aromatic carbocycles. The molecule has 94 valence electrons. The van der Waals surface area contributed by atoms with Crippen molar-refractivity contribution in [1.29, 1.82) is 0 Å². The number of unbranched alkanes of at least 4 members (excludes halogenated alkanes) is 2. The van der Waals surface area contributed by atoms with Crippen LogP contribution in [0.3, 0.4) is 0 Å². The third-order valence-corrected chi connectivity index (χ3v) is 2.64. The van der Waals surface area contributed by atoms with Gasteiger partial charge < -0.3 is 14.8 Å². The molecule has 5 heteroatoms. The lowest BCUT2D eigenvalue weighted by Crippen LogP contribution is -2.17. The van der Waals surface area contributed by atoms with Crippen molar-refractivity contribution in [2.45, 2.75) is 38.1 Å². The fraction of sp³-hybridized carbons (Fsp3) is 0.500. The molecule has 0 radical (unpaired) electrons. The lowest BCUT2D eigenvalue weighted by atomic mass is 10.1. The van der Waals surface area contributed by atoms with Gasteiger partial charge in [-0.1, -0.05) is 12.8 Å². The summed E-state index contributed by atoms with van der Waals surface area (Å²) >= 11 is 0. The van der Waals surface area contributed by atoms with Crippen LogP contribution in [0.5, 0.6) is 0 Å². The summed E-state index contributed by atoms with van der Waals surface area (Å²) in [5.74, 6) is -1.65. The monoisotopic (exact) mass is 239 g/mol. The van der Waals surface area contributed by atoms with E-state index >= 15 is 0 Å². The van der Waals surface area contributed by atoms with Crippen molar-refractivity contribution in [3.05, 3.63) is 24.5 Å². The normalized spacial score (nSPS) is 12.2. The Balaban J connectivity index is 2.32. The zero-order valence-electron chi connectivity index (χ0n) is 9.58. The van der Waals surface area contributed by atoms with E-state index in [1.54, 1.807) is 29.1 Å². The highest BCUT2D eigenvalue weighted by Crippen LogP contribution is 2.17. The number of rotatable bonds is 8. The van der Waals surface area contributed by atoms with Crippen LogP contribution in [0.2, 0.25) is 0 Å². The van der Waals surface area contributed by atoms with Crippen LogP contribution >= 0.6 is 0 Å². The Kier molecular flexibility index (Phi) is 5.26. The molecule has 0 fully saturated rings. The Labute approximate surface area is 99.7 Å². The average molecular weight is 239 g/mol. The van der Waals surface area contributed by atoms with Gasteiger partial charge in [0.25, 0.3) is 0 Å². The molecule has 1 aromatic heterocycles. The van der Waals surface area contributed by atoms with Crippen LogP contribution in [0.25, 0.3) is 0 Å². The zero-order chi connectivity index (χ0) is 12.7. The Morgan fingerprint density at radius 1 is 1.06 bits per heavy atom. The van der Waals surface area contributed by atoms with Crippen LogP contribution in [-0.4, -0.2) is 26.7 Å². The molecular formula is C12H17NO4. The summed E-state index contributed by atoms with van der Waals surface area (Å²) in [5.41, 5.74) is 0. The number of aliphatic carboxylic acids is 2. The maximum Gasteiger partial charge on any atom is 0.326 e. The lowest BCUT2D eigenvalue weighted by molar-refractivity contribution is -0.141. The molecule has 0 spiro atoms. The van der Waals surface area contributed by atoms with Crippen LogP contribution in [0.4, 0.5) is 0 Å². The molecule has 1 atom stereocenters. The Morgan fingerprint density at radius 3 is 2.24 bits per heavy atom. The second kappa shape index (κ2) is 6.73. The van der Waals surface area contributed by atoms with Crippen LogP contribution in [0, 0.1) is 0 Å². The highest BCUT2D eigenvalue weighted by Gasteiger charge is 2.17. The lowest BCUT2D eigenvalue weighted by Gasteiger charge is -2.13. The molecule has 0 amide bonds.